The quantitative estimate of drug-likeness (QED) is 0.906. The highest BCUT2D eigenvalue weighted by Gasteiger charge is 2.40. The smallest absolute Gasteiger partial charge is 0.242 e. The highest BCUT2D eigenvalue weighted by Crippen LogP contribution is 2.26. The second-order valence-corrected chi connectivity index (χ2v) is 5.60. The molecule has 1 fully saturated rings. The molecule has 1 N–H and O–H groups in total. The molecular formula is C16H23FN2O2. The summed E-state index contributed by atoms with van der Waals surface area (Å²) in [6, 6.07) is 4.79. The van der Waals surface area contributed by atoms with Crippen molar-refractivity contribution >= 4 is 5.91 Å². The van der Waals surface area contributed by atoms with E-state index in [1.54, 1.807) is 24.1 Å². The summed E-state index contributed by atoms with van der Waals surface area (Å²) in [6.45, 7) is 3.30. The number of nitrogens with zero attached hydrogens (tertiary/aromatic N) is 1. The maximum Gasteiger partial charge on any atom is 0.242 e. The molecule has 116 valence electrons. The van der Waals surface area contributed by atoms with Crippen molar-refractivity contribution in [3.05, 3.63) is 29.6 Å². The molecule has 4 nitrogen and oxygen atoms in total. The van der Waals surface area contributed by atoms with Gasteiger partial charge in [-0.25, -0.2) is 4.39 Å². The average Bonchev–Trinajstić information content (AvgIpc) is 2.96. The summed E-state index contributed by atoms with van der Waals surface area (Å²) in [4.78, 5) is 14.3. The molecule has 1 amide bonds. The van der Waals surface area contributed by atoms with Crippen LogP contribution in [-0.4, -0.2) is 37.0 Å². The monoisotopic (exact) mass is 294 g/mol. The Morgan fingerprint density at radius 1 is 1.52 bits per heavy atom. The molecule has 5 heteroatoms. The summed E-state index contributed by atoms with van der Waals surface area (Å²) in [5.74, 6) is -0.103. The number of rotatable bonds is 5. The number of nitrogens with one attached hydrogen (secondary N) is 1. The van der Waals surface area contributed by atoms with Gasteiger partial charge in [-0.1, -0.05) is 13.0 Å². The summed E-state index contributed by atoms with van der Waals surface area (Å²) in [6.07, 6.45) is 2.65. The molecule has 1 saturated heterocycles. The lowest BCUT2D eigenvalue weighted by atomic mass is 9.92. The predicted octanol–water partition coefficient (Wildman–Crippen LogP) is 2.32. The van der Waals surface area contributed by atoms with E-state index in [-0.39, 0.29) is 11.7 Å². The largest absolute Gasteiger partial charge is 0.494 e. The number of ether oxygens (including phenoxy) is 1. The highest BCUT2D eigenvalue weighted by molar-refractivity contribution is 5.86. The molecule has 1 aliphatic heterocycles. The Hall–Kier alpha value is -1.62. The summed E-state index contributed by atoms with van der Waals surface area (Å²) in [7, 11) is 3.20. The third-order valence-electron chi connectivity index (χ3n) is 4.24. The van der Waals surface area contributed by atoms with Crippen LogP contribution in [0.15, 0.2) is 18.2 Å². The van der Waals surface area contributed by atoms with Gasteiger partial charge in [-0.05, 0) is 43.5 Å². The van der Waals surface area contributed by atoms with Crippen LogP contribution < -0.4 is 10.1 Å². The Morgan fingerprint density at radius 2 is 2.29 bits per heavy atom. The number of likely N-dealkylation sites (N-methyl/N-ethyl adjacent to an activating group) is 1. The molecule has 1 aliphatic rings. The predicted molar refractivity (Wildman–Crippen MR) is 79.7 cm³/mol. The minimum Gasteiger partial charge on any atom is -0.494 e. The van der Waals surface area contributed by atoms with Crippen molar-refractivity contribution in [2.24, 2.45) is 0 Å². The summed E-state index contributed by atoms with van der Waals surface area (Å²) < 4.78 is 18.6. The fraction of sp³-hybridized carbons (Fsp3) is 0.562. The van der Waals surface area contributed by atoms with E-state index in [0.29, 0.717) is 6.54 Å². The lowest BCUT2D eigenvalue weighted by Gasteiger charge is -2.32. The zero-order chi connectivity index (χ0) is 15.5. The van der Waals surface area contributed by atoms with Crippen molar-refractivity contribution in [3.63, 3.8) is 0 Å². The van der Waals surface area contributed by atoms with Crippen molar-refractivity contribution in [1.29, 1.82) is 0 Å². The van der Waals surface area contributed by atoms with E-state index in [1.165, 1.54) is 13.2 Å². The maximum absolute atomic E-state index is 13.7. The Labute approximate surface area is 125 Å². The van der Waals surface area contributed by atoms with Gasteiger partial charge in [0.05, 0.1) is 12.6 Å². The van der Waals surface area contributed by atoms with Gasteiger partial charge in [-0.15, -0.1) is 0 Å². The van der Waals surface area contributed by atoms with E-state index in [1.807, 2.05) is 6.92 Å². The lowest BCUT2D eigenvalue weighted by Crippen LogP contribution is -2.53. The first-order valence-corrected chi connectivity index (χ1v) is 7.35. The zero-order valence-corrected chi connectivity index (χ0v) is 12.9. The second kappa shape index (κ2) is 6.43. The van der Waals surface area contributed by atoms with Crippen LogP contribution in [0.3, 0.4) is 0 Å². The van der Waals surface area contributed by atoms with Crippen molar-refractivity contribution in [1.82, 2.24) is 10.2 Å². The van der Waals surface area contributed by atoms with E-state index in [0.717, 1.165) is 31.4 Å². The van der Waals surface area contributed by atoms with Crippen molar-refractivity contribution in [3.8, 4) is 5.75 Å². The van der Waals surface area contributed by atoms with Crippen LogP contribution in [0.2, 0.25) is 0 Å². The van der Waals surface area contributed by atoms with Crippen molar-refractivity contribution < 1.29 is 13.9 Å². The van der Waals surface area contributed by atoms with Crippen LogP contribution >= 0.6 is 0 Å². The normalized spacial score (nSPS) is 21.3. The molecule has 0 radical (unpaired) electrons. The number of hydrogen-bond acceptors (Lipinski definition) is 3. The number of carbonyl (C=O) groups excluding carboxylic acids is 1. The Bertz CT molecular complexity index is 513. The molecule has 0 spiro atoms. The fourth-order valence-electron chi connectivity index (χ4n) is 2.96. The molecule has 21 heavy (non-hydrogen) atoms. The SMILES string of the molecule is CCC1(C(=O)N(C)Cc2ccc(OC)c(F)c2)CCCN1. The van der Waals surface area contributed by atoms with Crippen LogP contribution in [0.4, 0.5) is 4.39 Å². The van der Waals surface area contributed by atoms with Crippen molar-refractivity contribution in [2.45, 2.75) is 38.3 Å². The first-order chi connectivity index (χ1) is 10.0. The number of amides is 1. The Morgan fingerprint density at radius 3 is 2.81 bits per heavy atom. The fourth-order valence-corrected chi connectivity index (χ4v) is 2.96. The molecule has 1 unspecified atom stereocenters. The summed E-state index contributed by atoms with van der Waals surface area (Å²) in [5.41, 5.74) is 0.313. The lowest BCUT2D eigenvalue weighted by molar-refractivity contribution is -0.137. The zero-order valence-electron chi connectivity index (χ0n) is 12.9. The maximum atomic E-state index is 13.7. The van der Waals surface area contributed by atoms with E-state index in [9.17, 15) is 9.18 Å². The van der Waals surface area contributed by atoms with Gasteiger partial charge >= 0.3 is 0 Å². The first-order valence-electron chi connectivity index (χ1n) is 7.35. The van der Waals surface area contributed by atoms with Crippen molar-refractivity contribution in [2.75, 3.05) is 20.7 Å². The highest BCUT2D eigenvalue weighted by atomic mass is 19.1. The Kier molecular flexibility index (Phi) is 4.83. The molecule has 0 aromatic heterocycles. The molecule has 1 atom stereocenters. The molecule has 0 aliphatic carbocycles. The van der Waals surface area contributed by atoms with Crippen LogP contribution in [0.25, 0.3) is 0 Å². The van der Waals surface area contributed by atoms with Gasteiger partial charge in [-0.3, -0.25) is 4.79 Å². The average molecular weight is 294 g/mol. The third-order valence-corrected chi connectivity index (χ3v) is 4.24. The number of hydrogen-bond donors (Lipinski definition) is 1. The third kappa shape index (κ3) is 3.18. The number of halogens is 1. The van der Waals surface area contributed by atoms with Gasteiger partial charge in [0.15, 0.2) is 11.6 Å². The first kappa shape index (κ1) is 15.8. The standard InChI is InChI=1S/C16H23FN2O2/c1-4-16(8-5-9-18-16)15(20)19(2)11-12-6-7-14(21-3)13(17)10-12/h6-7,10,18H,4-5,8-9,11H2,1-3H3. The van der Waals surface area contributed by atoms with Gasteiger partial charge in [0.25, 0.3) is 0 Å². The van der Waals surface area contributed by atoms with E-state index < -0.39 is 11.4 Å². The van der Waals surface area contributed by atoms with Gasteiger partial charge < -0.3 is 15.0 Å². The van der Waals surface area contributed by atoms with E-state index in [4.69, 9.17) is 4.74 Å². The van der Waals surface area contributed by atoms with Crippen LogP contribution in [-0.2, 0) is 11.3 Å². The Balaban J connectivity index is 2.08. The van der Waals surface area contributed by atoms with Crippen LogP contribution in [0, 0.1) is 5.82 Å². The number of carbonyl (C=O) groups is 1. The molecule has 0 saturated carbocycles. The molecule has 1 heterocycles. The van der Waals surface area contributed by atoms with Gasteiger partial charge in [-0.2, -0.15) is 0 Å². The molecule has 0 bridgehead atoms. The van der Waals surface area contributed by atoms with E-state index >= 15 is 0 Å². The molecule has 1 aromatic carbocycles. The summed E-state index contributed by atoms with van der Waals surface area (Å²) in [5, 5.41) is 3.33. The second-order valence-electron chi connectivity index (χ2n) is 5.60. The number of methoxy groups -OCH3 is 1. The minimum atomic E-state index is -0.445. The van der Waals surface area contributed by atoms with Gasteiger partial charge in [0.1, 0.15) is 0 Å². The van der Waals surface area contributed by atoms with Gasteiger partial charge in [0, 0.05) is 13.6 Å². The molecule has 2 rings (SSSR count). The van der Waals surface area contributed by atoms with Crippen LogP contribution in [0.5, 0.6) is 5.75 Å². The minimum absolute atomic E-state index is 0.0822. The molecular weight excluding hydrogens is 271 g/mol. The van der Waals surface area contributed by atoms with E-state index in [2.05, 4.69) is 5.32 Å². The van der Waals surface area contributed by atoms with Gasteiger partial charge in [0.2, 0.25) is 5.91 Å². The summed E-state index contributed by atoms with van der Waals surface area (Å²) >= 11 is 0. The molecule has 1 aromatic rings. The van der Waals surface area contributed by atoms with Crippen LogP contribution in [0.1, 0.15) is 31.7 Å². The topological polar surface area (TPSA) is 41.6 Å². The number of benzene rings is 1.